The molecule has 1 saturated carbocycles. The monoisotopic (exact) mass is 444 g/mol. The lowest BCUT2D eigenvalue weighted by atomic mass is 10.0. The number of fused-ring (bicyclic) bond motifs is 4. The van der Waals surface area contributed by atoms with Gasteiger partial charge in [-0.2, -0.15) is 0 Å². The lowest BCUT2D eigenvalue weighted by molar-refractivity contribution is -0.138. The molecule has 1 aliphatic carbocycles. The smallest absolute Gasteiger partial charge is 0.249 e. The maximum atomic E-state index is 12.5. The van der Waals surface area contributed by atoms with Gasteiger partial charge in [0.2, 0.25) is 11.8 Å². The van der Waals surface area contributed by atoms with Crippen molar-refractivity contribution in [2.24, 2.45) is 17.3 Å². The average Bonchev–Trinajstić information content (AvgIpc) is 3.38. The van der Waals surface area contributed by atoms with E-state index >= 15 is 0 Å². The number of nitrogens with zero attached hydrogens (tertiary/aromatic N) is 2. The number of carbonyl (C=O) groups excluding carboxylic acids is 2. The van der Waals surface area contributed by atoms with E-state index in [1.54, 1.807) is 11.0 Å². The quantitative estimate of drug-likeness (QED) is 0.709. The highest BCUT2D eigenvalue weighted by atomic mass is 16.5. The number of rotatable bonds is 2. The highest BCUT2D eigenvalue weighted by Crippen LogP contribution is 2.67. The Bertz CT molecular complexity index is 1100. The molecule has 0 bridgehead atoms. The normalized spacial score (nSPS) is 34.6. The van der Waals surface area contributed by atoms with E-state index in [0.29, 0.717) is 31.1 Å². The second-order valence-corrected chi connectivity index (χ2v) is 10.0. The first-order valence-electron chi connectivity index (χ1n) is 11.6. The molecule has 7 rings (SSSR count). The summed E-state index contributed by atoms with van der Waals surface area (Å²) in [5.74, 6) is 1.07. The minimum absolute atomic E-state index is 0.0475. The third-order valence-corrected chi connectivity index (χ3v) is 7.80. The molecule has 4 fully saturated rings. The first-order chi connectivity index (χ1) is 16.0. The summed E-state index contributed by atoms with van der Waals surface area (Å²) in [7, 11) is 0. The number of hydrogen-bond acceptors (Lipinski definition) is 4. The van der Waals surface area contributed by atoms with Gasteiger partial charge in [-0.3, -0.25) is 9.59 Å². The topological polar surface area (TPSA) is 59.1 Å². The molecule has 0 radical (unpaired) electrons. The zero-order chi connectivity index (χ0) is 22.7. The number of piperidine rings is 1. The van der Waals surface area contributed by atoms with Crippen LogP contribution in [0.1, 0.15) is 37.4 Å². The van der Waals surface area contributed by atoms with Crippen molar-refractivity contribution in [3.05, 3.63) is 83.9 Å². The first kappa shape index (κ1) is 20.6. The maximum absolute atomic E-state index is 12.5. The minimum Gasteiger partial charge on any atom is -0.352 e. The second kappa shape index (κ2) is 7.54. The van der Waals surface area contributed by atoms with Crippen molar-refractivity contribution < 1.29 is 19.1 Å². The van der Waals surface area contributed by atoms with Gasteiger partial charge in [0.15, 0.2) is 12.5 Å². The van der Waals surface area contributed by atoms with Crippen LogP contribution in [-0.4, -0.2) is 46.9 Å². The van der Waals surface area contributed by atoms with Crippen LogP contribution in [0.5, 0.6) is 0 Å². The molecule has 5 aliphatic rings. The van der Waals surface area contributed by atoms with E-state index < -0.39 is 0 Å². The van der Waals surface area contributed by atoms with Crippen LogP contribution in [0.25, 0.3) is 0 Å². The number of ether oxygens (including phenoxy) is 2. The highest BCUT2D eigenvalue weighted by Gasteiger charge is 2.73. The molecule has 6 heteroatoms. The Labute approximate surface area is 193 Å². The fourth-order valence-corrected chi connectivity index (χ4v) is 6.09. The summed E-state index contributed by atoms with van der Waals surface area (Å²) in [5, 5.41) is 0. The predicted molar refractivity (Wildman–Crippen MR) is 121 cm³/mol. The van der Waals surface area contributed by atoms with Gasteiger partial charge < -0.3 is 19.3 Å². The van der Waals surface area contributed by atoms with Gasteiger partial charge in [-0.05, 0) is 11.3 Å². The molecule has 2 aromatic carbocycles. The number of benzene rings is 2. The molecule has 2 aromatic rings. The van der Waals surface area contributed by atoms with E-state index in [1.807, 2.05) is 71.6 Å². The third-order valence-electron chi connectivity index (χ3n) is 7.80. The van der Waals surface area contributed by atoms with Crippen LogP contribution in [-0.2, 0) is 19.1 Å². The van der Waals surface area contributed by atoms with E-state index in [1.165, 1.54) is 0 Å². The molecule has 4 aliphatic heterocycles. The van der Waals surface area contributed by atoms with Crippen molar-refractivity contribution in [3.63, 3.8) is 0 Å². The SMILES string of the molecule is CC1(C)[C@@H]2C3COC(c4ccccc4)N3C(=O)[C@@H]21.O=C1C=CC2COC(c3ccccc3)N12. The molecule has 0 N–H and O–H groups in total. The van der Waals surface area contributed by atoms with Gasteiger partial charge in [-0.15, -0.1) is 0 Å². The van der Waals surface area contributed by atoms with Gasteiger partial charge in [-0.1, -0.05) is 80.6 Å². The fraction of sp³-hybridized carbons (Fsp3) is 0.407. The summed E-state index contributed by atoms with van der Waals surface area (Å²) in [6.07, 6.45) is 3.17. The summed E-state index contributed by atoms with van der Waals surface area (Å²) in [4.78, 5) is 27.8. The van der Waals surface area contributed by atoms with Crippen molar-refractivity contribution in [3.8, 4) is 0 Å². The van der Waals surface area contributed by atoms with Gasteiger partial charge in [-0.25, -0.2) is 0 Å². The summed E-state index contributed by atoms with van der Waals surface area (Å²) in [5.41, 5.74) is 2.32. The van der Waals surface area contributed by atoms with Gasteiger partial charge in [0.25, 0.3) is 0 Å². The van der Waals surface area contributed by atoms with Gasteiger partial charge in [0.1, 0.15) is 0 Å². The molecule has 2 amide bonds. The average molecular weight is 445 g/mol. The Morgan fingerprint density at radius 2 is 1.39 bits per heavy atom. The number of carbonyl (C=O) groups is 2. The van der Waals surface area contributed by atoms with Crippen LogP contribution >= 0.6 is 0 Å². The predicted octanol–water partition coefficient (Wildman–Crippen LogP) is 3.68. The van der Waals surface area contributed by atoms with Gasteiger partial charge in [0, 0.05) is 23.1 Å². The molecular formula is C27H28N2O4. The van der Waals surface area contributed by atoms with E-state index in [2.05, 4.69) is 13.8 Å². The van der Waals surface area contributed by atoms with Crippen molar-refractivity contribution in [2.45, 2.75) is 38.4 Å². The number of hydrogen-bond donors (Lipinski definition) is 0. The molecule has 4 heterocycles. The largest absolute Gasteiger partial charge is 0.352 e. The lowest BCUT2D eigenvalue weighted by Gasteiger charge is -2.27. The molecule has 6 nitrogen and oxygen atoms in total. The summed E-state index contributed by atoms with van der Waals surface area (Å²) in [6.45, 7) is 5.69. The van der Waals surface area contributed by atoms with E-state index in [9.17, 15) is 9.59 Å². The molecular weight excluding hydrogens is 416 g/mol. The Balaban J connectivity index is 0.000000127. The van der Waals surface area contributed by atoms with Crippen molar-refractivity contribution >= 4 is 11.8 Å². The lowest BCUT2D eigenvalue weighted by Crippen LogP contribution is -2.37. The zero-order valence-electron chi connectivity index (χ0n) is 18.8. The Hall–Kier alpha value is -2.96. The van der Waals surface area contributed by atoms with Gasteiger partial charge in [0.05, 0.1) is 25.3 Å². The molecule has 33 heavy (non-hydrogen) atoms. The van der Waals surface area contributed by atoms with Crippen molar-refractivity contribution in [1.82, 2.24) is 9.80 Å². The summed E-state index contributed by atoms with van der Waals surface area (Å²) < 4.78 is 11.5. The third kappa shape index (κ3) is 3.15. The molecule has 4 unspecified atom stereocenters. The standard InChI is InChI=1S/C15H17NO2.C12H11NO2/c1-15(2)11-10-8-18-14(9-6-4-3-5-7-9)16(10)13(17)12(11)15;14-11-7-6-10-8-15-12(13(10)11)9-4-2-1-3-5-9/h3-7,10-12,14H,8H2,1-2H3;1-7,10,12H,8H2/t10?,11-,12-,14?;/m1./s1. The number of amides is 2. The fourth-order valence-electron chi connectivity index (χ4n) is 6.09. The highest BCUT2D eigenvalue weighted by molar-refractivity contribution is 5.91. The van der Waals surface area contributed by atoms with Crippen LogP contribution in [0, 0.1) is 17.3 Å². The Morgan fingerprint density at radius 3 is 2.03 bits per heavy atom. The minimum atomic E-state index is -0.210. The van der Waals surface area contributed by atoms with Crippen LogP contribution in [0.15, 0.2) is 72.8 Å². The van der Waals surface area contributed by atoms with Crippen LogP contribution in [0.2, 0.25) is 0 Å². The zero-order valence-corrected chi connectivity index (χ0v) is 18.8. The molecule has 6 atom stereocenters. The molecule has 0 aromatic heterocycles. The molecule has 0 spiro atoms. The second-order valence-electron chi connectivity index (χ2n) is 10.0. The van der Waals surface area contributed by atoms with E-state index in [-0.39, 0.29) is 35.7 Å². The molecule has 3 saturated heterocycles. The van der Waals surface area contributed by atoms with Crippen LogP contribution < -0.4 is 0 Å². The van der Waals surface area contributed by atoms with Crippen LogP contribution in [0.3, 0.4) is 0 Å². The van der Waals surface area contributed by atoms with Gasteiger partial charge >= 0.3 is 0 Å². The van der Waals surface area contributed by atoms with Crippen molar-refractivity contribution in [2.75, 3.05) is 13.2 Å². The van der Waals surface area contributed by atoms with E-state index in [4.69, 9.17) is 9.47 Å². The summed E-state index contributed by atoms with van der Waals surface area (Å²) >= 11 is 0. The maximum Gasteiger partial charge on any atom is 0.249 e. The van der Waals surface area contributed by atoms with Crippen LogP contribution in [0.4, 0.5) is 0 Å². The summed E-state index contributed by atoms with van der Waals surface area (Å²) in [6, 6.07) is 20.3. The molecule has 170 valence electrons. The Kier molecular flexibility index (Phi) is 4.71. The Morgan fingerprint density at radius 1 is 0.818 bits per heavy atom. The van der Waals surface area contributed by atoms with E-state index in [0.717, 1.165) is 11.1 Å². The first-order valence-corrected chi connectivity index (χ1v) is 11.6. The van der Waals surface area contributed by atoms with Crippen molar-refractivity contribution in [1.29, 1.82) is 0 Å².